The van der Waals surface area contributed by atoms with Crippen LogP contribution in [0.15, 0.2) is 30.3 Å². The summed E-state index contributed by atoms with van der Waals surface area (Å²) in [6.07, 6.45) is -2.29. The summed E-state index contributed by atoms with van der Waals surface area (Å²) in [5, 5.41) is 42.2. The fraction of sp³-hybridized carbons (Fsp3) is 0.231. The molecule has 0 saturated heterocycles. The Balaban J connectivity index is 0. The van der Waals surface area contributed by atoms with Crippen LogP contribution in [-0.2, 0) is 18.9 Å². The zero-order valence-corrected chi connectivity index (χ0v) is 14.3. The van der Waals surface area contributed by atoms with Crippen molar-refractivity contribution in [1.82, 2.24) is 0 Å². The smallest absolute Gasteiger partial charge is 0.466 e. The van der Waals surface area contributed by atoms with Gasteiger partial charge in [-0.25, -0.2) is 14.2 Å². The molecule has 0 saturated carbocycles. The molecule has 0 spiro atoms. The van der Waals surface area contributed by atoms with Gasteiger partial charge in [0, 0.05) is 0 Å². The summed E-state index contributed by atoms with van der Waals surface area (Å²) < 4.78 is 8.88. The quantitative estimate of drug-likeness (QED) is 0.267. The van der Waals surface area contributed by atoms with E-state index < -0.39 is 50.1 Å². The number of hydrogen-bond acceptors (Lipinski definition) is 6. The first-order chi connectivity index (χ1) is 12.1. The summed E-state index contributed by atoms with van der Waals surface area (Å²) in [7, 11) is -4.64. The highest BCUT2D eigenvalue weighted by molar-refractivity contribution is 7.45. The topological polar surface area (TPSA) is 247 Å². The number of benzene rings is 1. The van der Waals surface area contributed by atoms with Gasteiger partial charge in [0.2, 0.25) is 0 Å². The Morgan fingerprint density at radius 1 is 0.815 bits per heavy atom. The Morgan fingerprint density at radius 2 is 1.15 bits per heavy atom. The van der Waals surface area contributed by atoms with Crippen LogP contribution >= 0.6 is 7.82 Å². The van der Waals surface area contributed by atoms with E-state index in [0.717, 1.165) is 0 Å². The number of phosphoric acid groups is 1. The van der Waals surface area contributed by atoms with Crippen molar-refractivity contribution in [2.45, 2.75) is 18.4 Å². The molecule has 152 valence electrons. The van der Waals surface area contributed by atoms with E-state index in [9.17, 15) is 19.2 Å². The first kappa shape index (κ1) is 26.4. The molecule has 1 aromatic rings. The SMILES string of the molecule is O=C(O)CC(O)(CC(=O)O)C(=O)O.O=C(O)c1ccccc1.O=P(O)(O)O. The fourth-order valence-corrected chi connectivity index (χ4v) is 1.29. The van der Waals surface area contributed by atoms with Gasteiger partial charge in [-0.05, 0) is 12.1 Å². The molecule has 1 aromatic carbocycles. The van der Waals surface area contributed by atoms with Crippen molar-refractivity contribution < 1.29 is 64.0 Å². The average molecular weight is 412 g/mol. The summed E-state index contributed by atoms with van der Waals surface area (Å²) in [5.74, 6) is -5.90. The Morgan fingerprint density at radius 3 is 1.33 bits per heavy atom. The normalized spacial score (nSPS) is 10.4. The maximum atomic E-state index is 10.3. The van der Waals surface area contributed by atoms with Crippen LogP contribution in [0, 0.1) is 0 Å². The average Bonchev–Trinajstić information content (AvgIpc) is 2.45. The van der Waals surface area contributed by atoms with E-state index in [2.05, 4.69) is 0 Å². The van der Waals surface area contributed by atoms with Gasteiger partial charge in [-0.15, -0.1) is 0 Å². The lowest BCUT2D eigenvalue weighted by atomic mass is 9.96. The summed E-state index contributed by atoms with van der Waals surface area (Å²) in [4.78, 5) is 62.2. The van der Waals surface area contributed by atoms with Gasteiger partial charge in [-0.1, -0.05) is 18.2 Å². The number of aliphatic hydroxyl groups is 1. The van der Waals surface area contributed by atoms with Crippen molar-refractivity contribution in [2.75, 3.05) is 0 Å². The minimum Gasteiger partial charge on any atom is -0.481 e. The van der Waals surface area contributed by atoms with Crippen LogP contribution in [0.4, 0.5) is 0 Å². The van der Waals surface area contributed by atoms with Crippen molar-refractivity contribution in [3.63, 3.8) is 0 Å². The van der Waals surface area contributed by atoms with Crippen LogP contribution in [0.1, 0.15) is 23.2 Å². The largest absolute Gasteiger partial charge is 0.481 e. The zero-order chi connectivity index (χ0) is 21.8. The van der Waals surface area contributed by atoms with Crippen LogP contribution in [0.2, 0.25) is 0 Å². The second kappa shape index (κ2) is 11.7. The lowest BCUT2D eigenvalue weighted by molar-refractivity contribution is -0.170. The molecule has 0 fully saturated rings. The van der Waals surface area contributed by atoms with Crippen molar-refractivity contribution in [2.24, 2.45) is 0 Å². The molecule has 0 aliphatic heterocycles. The molecule has 1 rings (SSSR count). The minimum absolute atomic E-state index is 0.331. The predicted octanol–water partition coefficient (Wildman–Crippen LogP) is -0.792. The molecule has 0 radical (unpaired) electrons. The molecule has 0 atom stereocenters. The lowest BCUT2D eigenvalue weighted by Gasteiger charge is -2.18. The van der Waals surface area contributed by atoms with Gasteiger partial charge in [0.1, 0.15) is 0 Å². The molecule has 0 amide bonds. The first-order valence-corrected chi connectivity index (χ1v) is 8.11. The van der Waals surface area contributed by atoms with E-state index in [-0.39, 0.29) is 0 Å². The summed E-state index contributed by atoms with van der Waals surface area (Å²) in [6, 6.07) is 8.30. The summed E-state index contributed by atoms with van der Waals surface area (Å²) >= 11 is 0. The second-order valence-electron chi connectivity index (χ2n) is 4.66. The molecule has 14 heteroatoms. The second-order valence-corrected chi connectivity index (χ2v) is 5.69. The van der Waals surface area contributed by atoms with Gasteiger partial charge >= 0.3 is 31.7 Å². The number of carbonyl (C=O) groups is 4. The van der Waals surface area contributed by atoms with Crippen LogP contribution in [-0.4, -0.2) is 69.7 Å². The van der Waals surface area contributed by atoms with E-state index in [1.54, 1.807) is 30.3 Å². The number of carboxylic acids is 4. The number of hydrogen-bond donors (Lipinski definition) is 8. The van der Waals surface area contributed by atoms with E-state index in [1.807, 2.05) is 0 Å². The molecule has 0 heterocycles. The lowest BCUT2D eigenvalue weighted by Crippen LogP contribution is -2.42. The minimum atomic E-state index is -4.64. The van der Waals surface area contributed by atoms with Crippen molar-refractivity contribution in [3.8, 4) is 0 Å². The maximum absolute atomic E-state index is 10.3. The van der Waals surface area contributed by atoms with E-state index in [0.29, 0.717) is 5.56 Å². The molecule has 27 heavy (non-hydrogen) atoms. The maximum Gasteiger partial charge on any atom is 0.466 e. The highest BCUT2D eigenvalue weighted by atomic mass is 31.2. The molecular weight excluding hydrogens is 395 g/mol. The van der Waals surface area contributed by atoms with Crippen molar-refractivity contribution >= 4 is 31.7 Å². The van der Waals surface area contributed by atoms with Gasteiger partial charge in [0.25, 0.3) is 0 Å². The summed E-state index contributed by atoms with van der Waals surface area (Å²) in [6.45, 7) is 0. The molecule has 0 aliphatic carbocycles. The highest BCUT2D eigenvalue weighted by Gasteiger charge is 2.40. The molecule has 0 unspecified atom stereocenters. The standard InChI is InChI=1S/C7H6O2.C6H8O7.H3O4P/c8-7(9)6-4-2-1-3-5-6;7-3(8)1-6(13,5(11)12)2-4(9)10;1-5(2,3)4/h1-5H,(H,8,9);13H,1-2H2,(H,7,8)(H,9,10)(H,11,12);(H3,1,2,3,4). The first-order valence-electron chi connectivity index (χ1n) is 6.54. The van der Waals surface area contributed by atoms with Crippen molar-refractivity contribution in [3.05, 3.63) is 35.9 Å². The molecular formula is C13H17O13P. The van der Waals surface area contributed by atoms with E-state index in [4.69, 9.17) is 44.8 Å². The third-order valence-electron chi connectivity index (χ3n) is 2.31. The van der Waals surface area contributed by atoms with E-state index in [1.165, 1.54) is 0 Å². The van der Waals surface area contributed by atoms with Gasteiger partial charge in [-0.3, -0.25) is 9.59 Å². The molecule has 0 aromatic heterocycles. The number of aliphatic carboxylic acids is 3. The Kier molecular flexibility index (Phi) is 11.5. The predicted molar refractivity (Wildman–Crippen MR) is 84.8 cm³/mol. The Hall–Kier alpha value is -2.83. The van der Waals surface area contributed by atoms with Crippen LogP contribution < -0.4 is 0 Å². The summed E-state index contributed by atoms with van der Waals surface area (Å²) in [5.41, 5.74) is -2.41. The number of aromatic carboxylic acids is 1. The number of rotatable bonds is 6. The third kappa shape index (κ3) is 16.4. The molecule has 13 nitrogen and oxygen atoms in total. The highest BCUT2D eigenvalue weighted by Crippen LogP contribution is 2.25. The van der Waals surface area contributed by atoms with Crippen LogP contribution in [0.25, 0.3) is 0 Å². The van der Waals surface area contributed by atoms with Crippen molar-refractivity contribution in [1.29, 1.82) is 0 Å². The van der Waals surface area contributed by atoms with Gasteiger partial charge < -0.3 is 40.2 Å². The Bertz CT molecular complexity index is 669. The molecule has 8 N–H and O–H groups in total. The third-order valence-corrected chi connectivity index (χ3v) is 2.31. The Labute approximate surface area is 151 Å². The van der Waals surface area contributed by atoms with Gasteiger partial charge in [0.05, 0.1) is 18.4 Å². The molecule has 0 aliphatic rings. The fourth-order valence-electron chi connectivity index (χ4n) is 1.29. The molecule has 0 bridgehead atoms. The van der Waals surface area contributed by atoms with E-state index >= 15 is 0 Å². The van der Waals surface area contributed by atoms with Crippen LogP contribution in [0.3, 0.4) is 0 Å². The monoisotopic (exact) mass is 412 g/mol. The van der Waals surface area contributed by atoms with Crippen LogP contribution in [0.5, 0.6) is 0 Å². The van der Waals surface area contributed by atoms with Gasteiger partial charge in [0.15, 0.2) is 5.60 Å². The number of carboxylic acid groups (broad SMARTS) is 4. The van der Waals surface area contributed by atoms with Gasteiger partial charge in [-0.2, -0.15) is 0 Å². The zero-order valence-electron chi connectivity index (χ0n) is 13.4.